The van der Waals surface area contributed by atoms with Gasteiger partial charge in [-0.3, -0.25) is 9.59 Å². The van der Waals surface area contributed by atoms with Crippen LogP contribution in [0, 0.1) is 0 Å². The molecule has 0 aromatic heterocycles. The third kappa shape index (κ3) is 2.29. The summed E-state index contributed by atoms with van der Waals surface area (Å²) in [6.07, 6.45) is 1.23. The minimum Gasteiger partial charge on any atom is -0.345 e. The number of carbonyl (C=O) groups excluding carboxylic acids is 2. The van der Waals surface area contributed by atoms with Gasteiger partial charge in [0.2, 0.25) is 11.8 Å². The predicted molar refractivity (Wildman–Crippen MR) is 61.0 cm³/mol. The molecule has 17 heavy (non-hydrogen) atoms. The minimum atomic E-state index is -3.08. The van der Waals surface area contributed by atoms with E-state index in [9.17, 15) is 18.0 Å². The summed E-state index contributed by atoms with van der Waals surface area (Å²) in [5.74, 6) is -0.237. The predicted octanol–water partition coefficient (Wildman–Crippen LogP) is -1.09. The smallest absolute Gasteiger partial charge is 0.242 e. The fourth-order valence-corrected chi connectivity index (χ4v) is 4.13. The van der Waals surface area contributed by atoms with Gasteiger partial charge in [0.15, 0.2) is 9.84 Å². The molecule has 2 fully saturated rings. The van der Waals surface area contributed by atoms with Crippen LogP contribution >= 0.6 is 0 Å². The number of piperazine rings is 1. The molecule has 2 aliphatic rings. The lowest BCUT2D eigenvalue weighted by molar-refractivity contribution is -0.144. The lowest BCUT2D eigenvalue weighted by Crippen LogP contribution is -2.58. The first-order valence-corrected chi connectivity index (χ1v) is 7.42. The number of rotatable bonds is 2. The molecule has 96 valence electrons. The lowest BCUT2D eigenvalue weighted by Gasteiger charge is -2.34. The summed E-state index contributed by atoms with van der Waals surface area (Å²) < 4.78 is 23.4. The van der Waals surface area contributed by atoms with Gasteiger partial charge in [-0.1, -0.05) is 0 Å². The Morgan fingerprint density at radius 3 is 2.71 bits per heavy atom. The van der Waals surface area contributed by atoms with E-state index in [0.29, 0.717) is 12.8 Å². The molecular formula is C10H16N2O4S. The number of carbonyl (C=O) groups is 2. The zero-order chi connectivity index (χ0) is 12.6. The summed E-state index contributed by atoms with van der Waals surface area (Å²) in [4.78, 5) is 24.5. The van der Waals surface area contributed by atoms with Gasteiger partial charge in [-0.15, -0.1) is 0 Å². The maximum Gasteiger partial charge on any atom is 0.242 e. The summed E-state index contributed by atoms with van der Waals surface area (Å²) in [6.45, 7) is 1.74. The molecule has 2 heterocycles. The zero-order valence-corrected chi connectivity index (χ0v) is 10.5. The van der Waals surface area contributed by atoms with E-state index < -0.39 is 21.1 Å². The number of nitrogens with one attached hydrogen (secondary N) is 1. The molecule has 2 unspecified atom stereocenters. The largest absolute Gasteiger partial charge is 0.345 e. The van der Waals surface area contributed by atoms with E-state index in [1.807, 2.05) is 0 Å². The van der Waals surface area contributed by atoms with Gasteiger partial charge in [0, 0.05) is 6.54 Å². The van der Waals surface area contributed by atoms with Crippen molar-refractivity contribution in [3.05, 3.63) is 0 Å². The van der Waals surface area contributed by atoms with E-state index in [2.05, 4.69) is 5.32 Å². The number of sulfone groups is 1. The van der Waals surface area contributed by atoms with Crippen LogP contribution in [0.5, 0.6) is 0 Å². The Kier molecular flexibility index (Phi) is 3.11. The molecule has 0 aliphatic carbocycles. The van der Waals surface area contributed by atoms with Crippen LogP contribution in [0.25, 0.3) is 0 Å². The Morgan fingerprint density at radius 1 is 1.41 bits per heavy atom. The van der Waals surface area contributed by atoms with Crippen LogP contribution in [0.15, 0.2) is 0 Å². The highest BCUT2D eigenvalue weighted by atomic mass is 32.2. The van der Waals surface area contributed by atoms with Crippen molar-refractivity contribution in [2.24, 2.45) is 0 Å². The Morgan fingerprint density at radius 2 is 2.12 bits per heavy atom. The molecule has 0 saturated carbocycles. The standard InChI is InChI=1S/C10H16N2O4S/c1-7-10(14)11-5-9(13)12(7)6-8-3-2-4-17(8,15)16/h7-8H,2-6H2,1H3,(H,11,14). The Hall–Kier alpha value is -1.11. The monoisotopic (exact) mass is 260 g/mol. The number of hydrogen-bond donors (Lipinski definition) is 1. The highest BCUT2D eigenvalue weighted by molar-refractivity contribution is 7.92. The molecule has 0 bridgehead atoms. The van der Waals surface area contributed by atoms with Gasteiger partial charge in [0.05, 0.1) is 17.5 Å². The second-order valence-corrected chi connectivity index (χ2v) is 6.97. The molecular weight excluding hydrogens is 244 g/mol. The molecule has 6 nitrogen and oxygen atoms in total. The van der Waals surface area contributed by atoms with Gasteiger partial charge in [-0.2, -0.15) is 0 Å². The van der Waals surface area contributed by atoms with Crippen LogP contribution in [0.2, 0.25) is 0 Å². The first-order valence-electron chi connectivity index (χ1n) is 5.70. The van der Waals surface area contributed by atoms with E-state index in [-0.39, 0.29) is 30.7 Å². The van der Waals surface area contributed by atoms with Crippen LogP contribution in [0.1, 0.15) is 19.8 Å². The lowest BCUT2D eigenvalue weighted by atomic mass is 10.1. The SMILES string of the molecule is CC1C(=O)NCC(=O)N1CC1CCCS1(=O)=O. The minimum absolute atomic E-state index is 0.0318. The first-order chi connectivity index (χ1) is 7.92. The maximum atomic E-state index is 11.7. The molecule has 1 N–H and O–H groups in total. The third-order valence-corrected chi connectivity index (χ3v) is 5.70. The number of nitrogens with zero attached hydrogens (tertiary/aromatic N) is 1. The van der Waals surface area contributed by atoms with Crippen molar-refractivity contribution < 1.29 is 18.0 Å². The molecule has 2 rings (SSSR count). The van der Waals surface area contributed by atoms with Gasteiger partial charge < -0.3 is 10.2 Å². The molecule has 0 aromatic carbocycles. The molecule has 2 atom stereocenters. The summed E-state index contributed by atoms with van der Waals surface area (Å²) in [6, 6.07) is -0.577. The quantitative estimate of drug-likeness (QED) is 0.684. The zero-order valence-electron chi connectivity index (χ0n) is 9.68. The molecule has 0 radical (unpaired) electrons. The Labute approximate surface area is 100 Å². The van der Waals surface area contributed by atoms with E-state index in [1.54, 1.807) is 6.92 Å². The normalized spacial score (nSPS) is 32.6. The Balaban J connectivity index is 2.11. The van der Waals surface area contributed by atoms with Crippen LogP contribution in [-0.2, 0) is 19.4 Å². The molecule has 0 spiro atoms. The van der Waals surface area contributed by atoms with Crippen LogP contribution < -0.4 is 5.32 Å². The van der Waals surface area contributed by atoms with E-state index in [0.717, 1.165) is 0 Å². The van der Waals surface area contributed by atoms with Crippen molar-refractivity contribution in [3.8, 4) is 0 Å². The van der Waals surface area contributed by atoms with Crippen molar-refractivity contribution in [1.29, 1.82) is 0 Å². The van der Waals surface area contributed by atoms with Gasteiger partial charge >= 0.3 is 0 Å². The second kappa shape index (κ2) is 4.29. The number of hydrogen-bond acceptors (Lipinski definition) is 4. The van der Waals surface area contributed by atoms with Gasteiger partial charge in [0.1, 0.15) is 6.04 Å². The average molecular weight is 260 g/mol. The Bertz CT molecular complexity index is 445. The topological polar surface area (TPSA) is 83.6 Å². The van der Waals surface area contributed by atoms with Gasteiger partial charge in [0.25, 0.3) is 0 Å². The van der Waals surface area contributed by atoms with E-state index in [1.165, 1.54) is 4.90 Å². The van der Waals surface area contributed by atoms with Crippen molar-refractivity contribution in [3.63, 3.8) is 0 Å². The molecule has 2 aliphatic heterocycles. The van der Waals surface area contributed by atoms with Crippen LogP contribution in [0.4, 0.5) is 0 Å². The summed E-state index contributed by atoms with van der Waals surface area (Å²) in [7, 11) is -3.08. The average Bonchev–Trinajstić information content (AvgIpc) is 2.59. The van der Waals surface area contributed by atoms with Crippen molar-refractivity contribution >= 4 is 21.7 Å². The summed E-state index contributed by atoms with van der Waals surface area (Å²) in [5, 5.41) is 1.98. The molecule has 2 saturated heterocycles. The van der Waals surface area contributed by atoms with Gasteiger partial charge in [-0.25, -0.2) is 8.42 Å². The molecule has 0 aromatic rings. The number of amides is 2. The summed E-state index contributed by atoms with van der Waals surface area (Å²) in [5.41, 5.74) is 0. The van der Waals surface area contributed by atoms with E-state index >= 15 is 0 Å². The highest BCUT2D eigenvalue weighted by Crippen LogP contribution is 2.22. The fraction of sp³-hybridized carbons (Fsp3) is 0.800. The third-order valence-electron chi connectivity index (χ3n) is 3.44. The van der Waals surface area contributed by atoms with Crippen molar-refractivity contribution in [2.75, 3.05) is 18.8 Å². The van der Waals surface area contributed by atoms with Crippen molar-refractivity contribution in [1.82, 2.24) is 10.2 Å². The molecule has 2 amide bonds. The second-order valence-electron chi connectivity index (χ2n) is 4.57. The molecule has 7 heteroatoms. The van der Waals surface area contributed by atoms with E-state index in [4.69, 9.17) is 0 Å². The van der Waals surface area contributed by atoms with Crippen molar-refractivity contribution in [2.45, 2.75) is 31.1 Å². The van der Waals surface area contributed by atoms with Gasteiger partial charge in [-0.05, 0) is 19.8 Å². The van der Waals surface area contributed by atoms with Crippen LogP contribution in [-0.4, -0.2) is 55.3 Å². The summed E-state index contributed by atoms with van der Waals surface area (Å²) >= 11 is 0. The van der Waals surface area contributed by atoms with Crippen LogP contribution in [0.3, 0.4) is 0 Å². The highest BCUT2D eigenvalue weighted by Gasteiger charge is 2.38. The maximum absolute atomic E-state index is 11.7. The first kappa shape index (κ1) is 12.3. The fourth-order valence-electron chi connectivity index (χ4n) is 2.31.